The number of halogens is 4. The lowest BCUT2D eigenvalue weighted by molar-refractivity contribution is -0.143. The van der Waals surface area contributed by atoms with E-state index in [4.69, 9.17) is 11.6 Å². The van der Waals surface area contributed by atoms with Gasteiger partial charge in [-0.25, -0.2) is 0 Å². The third-order valence-electron chi connectivity index (χ3n) is 4.61. The van der Waals surface area contributed by atoms with Crippen LogP contribution in [0.15, 0.2) is 24.3 Å². The summed E-state index contributed by atoms with van der Waals surface area (Å²) in [5.74, 6) is -0.568. The highest BCUT2D eigenvalue weighted by Crippen LogP contribution is 2.36. The molecule has 0 aliphatic carbocycles. The molecule has 1 aliphatic rings. The monoisotopic (exact) mass is 400 g/mol. The Morgan fingerprint density at radius 1 is 1.22 bits per heavy atom. The number of aromatic nitrogens is 2. The van der Waals surface area contributed by atoms with Crippen molar-refractivity contribution in [1.29, 1.82) is 0 Å². The second-order valence-electron chi connectivity index (χ2n) is 6.69. The highest BCUT2D eigenvalue weighted by Gasteiger charge is 2.40. The van der Waals surface area contributed by atoms with Gasteiger partial charge >= 0.3 is 6.18 Å². The van der Waals surface area contributed by atoms with Gasteiger partial charge in [0.25, 0.3) is 5.91 Å². The summed E-state index contributed by atoms with van der Waals surface area (Å²) in [6.45, 7) is 4.91. The number of carbonyl (C=O) groups is 1. The molecule has 0 radical (unpaired) electrons. The van der Waals surface area contributed by atoms with Gasteiger partial charge in [0, 0.05) is 39.8 Å². The number of carbonyl (C=O) groups excluding carboxylic acids is 1. The van der Waals surface area contributed by atoms with E-state index in [0.717, 1.165) is 13.6 Å². The number of aryl methyl sites for hydroxylation is 2. The highest BCUT2D eigenvalue weighted by atomic mass is 35.5. The minimum absolute atomic E-state index is 0.348. The molecule has 0 N–H and O–H groups in total. The first kappa shape index (κ1) is 19.7. The van der Waals surface area contributed by atoms with Crippen molar-refractivity contribution in [2.75, 3.05) is 26.2 Å². The lowest BCUT2D eigenvalue weighted by Crippen LogP contribution is -2.48. The molecule has 0 unspecified atom stereocenters. The second kappa shape index (κ2) is 7.52. The zero-order valence-electron chi connectivity index (χ0n) is 15.1. The van der Waals surface area contributed by atoms with E-state index >= 15 is 0 Å². The maximum atomic E-state index is 13.0. The molecule has 2 aromatic rings. The van der Waals surface area contributed by atoms with Gasteiger partial charge in [-0.2, -0.15) is 18.3 Å². The van der Waals surface area contributed by atoms with Crippen molar-refractivity contribution in [3.63, 3.8) is 0 Å². The molecule has 1 aliphatic heterocycles. The Hall–Kier alpha value is -2.06. The number of hydrogen-bond donors (Lipinski definition) is 0. The first-order valence-corrected chi connectivity index (χ1v) is 8.91. The normalized spacial score (nSPS) is 16.0. The van der Waals surface area contributed by atoms with Crippen molar-refractivity contribution in [3.05, 3.63) is 51.8 Å². The number of amides is 1. The second-order valence-corrected chi connectivity index (χ2v) is 7.07. The SMILES string of the molecule is Cc1cccc(CN2CCN(C(=O)c3nn(C)c(C(F)(F)F)c3Cl)CC2)c1. The van der Waals surface area contributed by atoms with E-state index in [1.807, 2.05) is 19.1 Å². The topological polar surface area (TPSA) is 41.4 Å². The Labute approximate surface area is 160 Å². The van der Waals surface area contributed by atoms with Gasteiger partial charge in [0.1, 0.15) is 5.02 Å². The van der Waals surface area contributed by atoms with Gasteiger partial charge in [-0.1, -0.05) is 41.4 Å². The van der Waals surface area contributed by atoms with Crippen LogP contribution in [-0.4, -0.2) is 51.7 Å². The molecule has 3 rings (SSSR count). The molecule has 2 heterocycles. The van der Waals surface area contributed by atoms with Crippen LogP contribution in [0.1, 0.15) is 27.3 Å². The predicted octanol–water partition coefficient (Wildman–Crippen LogP) is 3.36. The summed E-state index contributed by atoms with van der Waals surface area (Å²) < 4.78 is 39.7. The predicted molar refractivity (Wildman–Crippen MR) is 95.6 cm³/mol. The van der Waals surface area contributed by atoms with Crippen LogP contribution in [0.25, 0.3) is 0 Å². The molecular weight excluding hydrogens is 381 g/mol. The van der Waals surface area contributed by atoms with Gasteiger partial charge in [0.15, 0.2) is 11.4 Å². The molecule has 1 saturated heterocycles. The van der Waals surface area contributed by atoms with E-state index in [9.17, 15) is 18.0 Å². The first-order chi connectivity index (χ1) is 12.7. The maximum Gasteiger partial charge on any atom is 0.434 e. The molecule has 0 saturated carbocycles. The summed E-state index contributed by atoms with van der Waals surface area (Å²) in [5, 5.41) is 3.07. The standard InChI is InChI=1S/C18H20ClF3N4O/c1-12-4-3-5-13(10-12)11-25-6-8-26(9-7-25)17(27)15-14(19)16(18(20,21)22)24(2)23-15/h3-5,10H,6-9,11H2,1-2H3. The summed E-state index contributed by atoms with van der Waals surface area (Å²) in [4.78, 5) is 16.3. The third kappa shape index (κ3) is 4.27. The summed E-state index contributed by atoms with van der Waals surface area (Å²) >= 11 is 5.82. The van der Waals surface area contributed by atoms with Gasteiger partial charge < -0.3 is 4.90 Å². The van der Waals surface area contributed by atoms with Crippen molar-refractivity contribution in [3.8, 4) is 0 Å². The average Bonchev–Trinajstić information content (AvgIpc) is 2.89. The molecule has 0 spiro atoms. The van der Waals surface area contributed by atoms with Gasteiger partial charge in [0.05, 0.1) is 0 Å². The van der Waals surface area contributed by atoms with E-state index in [1.54, 1.807) is 0 Å². The largest absolute Gasteiger partial charge is 0.434 e. The summed E-state index contributed by atoms with van der Waals surface area (Å²) in [7, 11) is 1.13. The zero-order chi connectivity index (χ0) is 19.8. The average molecular weight is 401 g/mol. The van der Waals surface area contributed by atoms with Crippen LogP contribution in [-0.2, 0) is 19.8 Å². The fourth-order valence-electron chi connectivity index (χ4n) is 3.27. The number of nitrogens with zero attached hydrogens (tertiary/aromatic N) is 4. The first-order valence-electron chi connectivity index (χ1n) is 8.53. The molecule has 0 bridgehead atoms. The highest BCUT2D eigenvalue weighted by molar-refractivity contribution is 6.34. The summed E-state index contributed by atoms with van der Waals surface area (Å²) in [5.41, 5.74) is 0.924. The van der Waals surface area contributed by atoms with Crippen molar-refractivity contribution in [1.82, 2.24) is 19.6 Å². The lowest BCUT2D eigenvalue weighted by Gasteiger charge is -2.34. The van der Waals surface area contributed by atoms with Gasteiger partial charge in [-0.15, -0.1) is 0 Å². The molecular formula is C18H20ClF3N4O. The fourth-order valence-corrected chi connectivity index (χ4v) is 3.62. The molecule has 146 valence electrons. The Balaban J connectivity index is 1.65. The number of benzene rings is 1. The van der Waals surface area contributed by atoms with Gasteiger partial charge in [0.2, 0.25) is 0 Å². The fraction of sp³-hybridized carbons (Fsp3) is 0.444. The lowest BCUT2D eigenvalue weighted by atomic mass is 10.1. The molecule has 1 amide bonds. The maximum absolute atomic E-state index is 13.0. The Morgan fingerprint density at radius 2 is 1.89 bits per heavy atom. The molecule has 1 fully saturated rings. The quantitative estimate of drug-likeness (QED) is 0.793. The van der Waals surface area contributed by atoms with Gasteiger partial charge in [-0.3, -0.25) is 14.4 Å². The van der Waals surface area contributed by atoms with Crippen LogP contribution in [0.2, 0.25) is 5.02 Å². The van der Waals surface area contributed by atoms with Crippen LogP contribution < -0.4 is 0 Å². The van der Waals surface area contributed by atoms with Crippen LogP contribution in [0.5, 0.6) is 0 Å². The molecule has 9 heteroatoms. The van der Waals surface area contributed by atoms with Crippen LogP contribution >= 0.6 is 11.6 Å². The molecule has 27 heavy (non-hydrogen) atoms. The summed E-state index contributed by atoms with van der Waals surface area (Å²) in [6.07, 6.45) is -4.66. The van der Waals surface area contributed by atoms with Crippen LogP contribution in [0.3, 0.4) is 0 Å². The van der Waals surface area contributed by atoms with Crippen LogP contribution in [0, 0.1) is 6.92 Å². The van der Waals surface area contributed by atoms with Gasteiger partial charge in [-0.05, 0) is 12.5 Å². The molecule has 1 aromatic carbocycles. The number of hydrogen-bond acceptors (Lipinski definition) is 3. The molecule has 1 aromatic heterocycles. The smallest absolute Gasteiger partial charge is 0.335 e. The Bertz CT molecular complexity index is 842. The van der Waals surface area contributed by atoms with Crippen LogP contribution in [0.4, 0.5) is 13.2 Å². The molecule has 5 nitrogen and oxygen atoms in total. The van der Waals surface area contributed by atoms with Crippen molar-refractivity contribution in [2.45, 2.75) is 19.6 Å². The van der Waals surface area contributed by atoms with Crippen molar-refractivity contribution >= 4 is 17.5 Å². The molecule has 0 atom stereocenters. The minimum Gasteiger partial charge on any atom is -0.335 e. The van der Waals surface area contributed by atoms with E-state index in [1.165, 1.54) is 16.0 Å². The zero-order valence-corrected chi connectivity index (χ0v) is 15.8. The number of rotatable bonds is 3. The Morgan fingerprint density at radius 3 is 2.44 bits per heavy atom. The minimum atomic E-state index is -4.66. The van der Waals surface area contributed by atoms with E-state index < -0.39 is 22.8 Å². The number of piperazine rings is 1. The van der Waals surface area contributed by atoms with E-state index in [-0.39, 0.29) is 5.69 Å². The Kier molecular flexibility index (Phi) is 5.48. The number of alkyl halides is 3. The van der Waals surface area contributed by atoms with E-state index in [0.29, 0.717) is 30.9 Å². The van der Waals surface area contributed by atoms with E-state index in [2.05, 4.69) is 22.1 Å². The van der Waals surface area contributed by atoms with Crippen molar-refractivity contribution in [2.24, 2.45) is 7.05 Å². The summed E-state index contributed by atoms with van der Waals surface area (Å²) in [6, 6.07) is 8.21. The van der Waals surface area contributed by atoms with Crippen molar-refractivity contribution < 1.29 is 18.0 Å². The third-order valence-corrected chi connectivity index (χ3v) is 4.97.